The van der Waals surface area contributed by atoms with Crippen LogP contribution in [-0.4, -0.2) is 15.9 Å². The van der Waals surface area contributed by atoms with E-state index in [9.17, 15) is 0 Å². The van der Waals surface area contributed by atoms with Crippen molar-refractivity contribution in [3.8, 4) is 0 Å². The maximum atomic E-state index is 5.69. The molecule has 17 heavy (non-hydrogen) atoms. The Bertz CT molecular complexity index is 523. The van der Waals surface area contributed by atoms with Crippen molar-refractivity contribution in [1.29, 1.82) is 0 Å². The van der Waals surface area contributed by atoms with Gasteiger partial charge in [0.25, 0.3) is 0 Å². The van der Waals surface area contributed by atoms with Crippen LogP contribution >= 0.6 is 0 Å². The molecule has 88 valence electrons. The molecule has 2 N–H and O–H groups in total. The molecule has 1 heterocycles. The third kappa shape index (κ3) is 2.72. The second kappa shape index (κ2) is 4.82. The van der Waals surface area contributed by atoms with E-state index in [1.165, 1.54) is 5.56 Å². The van der Waals surface area contributed by atoms with Gasteiger partial charge in [0.15, 0.2) is 0 Å². The van der Waals surface area contributed by atoms with E-state index in [0.29, 0.717) is 5.95 Å². The van der Waals surface area contributed by atoms with Gasteiger partial charge in [-0.3, -0.25) is 0 Å². The zero-order chi connectivity index (χ0) is 12.3. The molecule has 0 radical (unpaired) electrons. The number of aryl methyl sites for hydroxylation is 2. The van der Waals surface area contributed by atoms with Gasteiger partial charge in [0.2, 0.25) is 5.95 Å². The van der Waals surface area contributed by atoms with Crippen LogP contribution in [0.15, 0.2) is 35.6 Å². The molecule has 0 aliphatic heterocycles. The van der Waals surface area contributed by atoms with Crippen LogP contribution in [0, 0.1) is 6.92 Å². The zero-order valence-electron chi connectivity index (χ0n) is 10.1. The number of rotatable bonds is 3. The van der Waals surface area contributed by atoms with E-state index in [1.54, 1.807) is 17.1 Å². The van der Waals surface area contributed by atoms with Crippen LogP contribution in [0.5, 0.6) is 0 Å². The van der Waals surface area contributed by atoms with Crippen LogP contribution < -0.4 is 5.73 Å². The van der Waals surface area contributed by atoms with Crippen molar-refractivity contribution in [3.63, 3.8) is 0 Å². The minimum Gasteiger partial charge on any atom is -0.368 e. The number of nitrogens with zero attached hydrogens (tertiary/aromatic N) is 3. The van der Waals surface area contributed by atoms with Crippen molar-refractivity contribution in [3.05, 3.63) is 47.3 Å². The molecule has 4 nitrogen and oxygen atoms in total. The molecule has 0 aliphatic rings. The van der Waals surface area contributed by atoms with Crippen molar-refractivity contribution < 1.29 is 0 Å². The first-order valence-corrected chi connectivity index (χ1v) is 5.64. The van der Waals surface area contributed by atoms with Crippen molar-refractivity contribution in [2.24, 2.45) is 5.10 Å². The molecule has 0 saturated carbocycles. The average Bonchev–Trinajstić information content (AvgIpc) is 2.66. The molecule has 2 rings (SSSR count). The molecule has 0 spiro atoms. The van der Waals surface area contributed by atoms with E-state index >= 15 is 0 Å². The van der Waals surface area contributed by atoms with Crippen LogP contribution in [0.3, 0.4) is 0 Å². The fourth-order valence-corrected chi connectivity index (χ4v) is 1.56. The van der Waals surface area contributed by atoms with Crippen LogP contribution in [0.1, 0.15) is 23.7 Å². The zero-order valence-corrected chi connectivity index (χ0v) is 10.1. The van der Waals surface area contributed by atoms with Gasteiger partial charge >= 0.3 is 0 Å². The molecule has 0 bridgehead atoms. The lowest BCUT2D eigenvalue weighted by Crippen LogP contribution is -1.97. The Morgan fingerprint density at radius 2 is 2.06 bits per heavy atom. The summed E-state index contributed by atoms with van der Waals surface area (Å²) in [5.41, 5.74) is 8.92. The Hall–Kier alpha value is -2.10. The highest BCUT2D eigenvalue weighted by molar-refractivity contribution is 5.79. The molecule has 1 aromatic carbocycles. The summed E-state index contributed by atoms with van der Waals surface area (Å²) in [6.07, 6.45) is 4.62. The normalized spacial score (nSPS) is 11.2. The van der Waals surface area contributed by atoms with Gasteiger partial charge in [0, 0.05) is 0 Å². The molecule has 0 amide bonds. The molecule has 0 saturated heterocycles. The maximum Gasteiger partial charge on any atom is 0.221 e. The molecule has 4 heteroatoms. The summed E-state index contributed by atoms with van der Waals surface area (Å²) in [5.74, 6) is 0.406. The van der Waals surface area contributed by atoms with E-state index in [4.69, 9.17) is 5.73 Å². The second-order valence-corrected chi connectivity index (χ2v) is 3.92. The highest BCUT2D eigenvalue weighted by atomic mass is 15.4. The summed E-state index contributed by atoms with van der Waals surface area (Å²) in [6, 6.07) is 8.29. The topological polar surface area (TPSA) is 56.2 Å². The van der Waals surface area contributed by atoms with Gasteiger partial charge in [0.05, 0.1) is 18.1 Å². The monoisotopic (exact) mass is 228 g/mol. The third-order valence-electron chi connectivity index (χ3n) is 2.55. The van der Waals surface area contributed by atoms with E-state index < -0.39 is 0 Å². The second-order valence-electron chi connectivity index (χ2n) is 3.92. The highest BCUT2D eigenvalue weighted by Gasteiger charge is 1.98. The summed E-state index contributed by atoms with van der Waals surface area (Å²) in [4.78, 5) is 4.08. The van der Waals surface area contributed by atoms with E-state index in [-0.39, 0.29) is 0 Å². The van der Waals surface area contributed by atoms with Crippen LogP contribution in [-0.2, 0) is 6.42 Å². The van der Waals surface area contributed by atoms with Gasteiger partial charge in [-0.05, 0) is 24.5 Å². The van der Waals surface area contributed by atoms with Crippen molar-refractivity contribution in [2.75, 3.05) is 5.73 Å². The van der Waals surface area contributed by atoms with Crippen LogP contribution in [0.25, 0.3) is 0 Å². The third-order valence-corrected chi connectivity index (χ3v) is 2.55. The lowest BCUT2D eigenvalue weighted by molar-refractivity contribution is 0.897. The Kier molecular flexibility index (Phi) is 3.23. The van der Waals surface area contributed by atoms with Gasteiger partial charge in [-0.2, -0.15) is 5.10 Å². The van der Waals surface area contributed by atoms with Gasteiger partial charge in [-0.1, -0.05) is 31.2 Å². The first-order chi connectivity index (χ1) is 8.19. The van der Waals surface area contributed by atoms with E-state index in [0.717, 1.165) is 17.7 Å². The number of anilines is 1. The number of hydrogen-bond acceptors (Lipinski definition) is 3. The first-order valence-electron chi connectivity index (χ1n) is 5.64. The average molecular weight is 228 g/mol. The maximum absolute atomic E-state index is 5.69. The Labute approximate surface area is 101 Å². The number of aromatic nitrogens is 2. The predicted octanol–water partition coefficient (Wildman–Crippen LogP) is 2.22. The summed E-state index contributed by atoms with van der Waals surface area (Å²) >= 11 is 0. The van der Waals surface area contributed by atoms with E-state index in [2.05, 4.69) is 29.1 Å². The quantitative estimate of drug-likeness (QED) is 0.819. The number of nitrogen functional groups attached to an aromatic ring is 1. The summed E-state index contributed by atoms with van der Waals surface area (Å²) < 4.78 is 1.57. The Balaban J connectivity index is 2.17. The molecule has 1 aromatic heterocycles. The summed E-state index contributed by atoms with van der Waals surface area (Å²) in [7, 11) is 0. The number of hydrogen-bond donors (Lipinski definition) is 1. The first kappa shape index (κ1) is 11.4. The minimum atomic E-state index is 0.406. The molecule has 0 atom stereocenters. The fraction of sp³-hybridized carbons (Fsp3) is 0.231. The number of nitrogens with two attached hydrogens (primary N) is 1. The molecule has 0 fully saturated rings. The Morgan fingerprint density at radius 1 is 1.35 bits per heavy atom. The Morgan fingerprint density at radius 3 is 2.59 bits per heavy atom. The highest BCUT2D eigenvalue weighted by Crippen LogP contribution is 2.05. The van der Waals surface area contributed by atoms with Crippen LogP contribution in [0.2, 0.25) is 0 Å². The van der Waals surface area contributed by atoms with Gasteiger partial charge < -0.3 is 5.73 Å². The van der Waals surface area contributed by atoms with Crippen molar-refractivity contribution in [1.82, 2.24) is 9.66 Å². The minimum absolute atomic E-state index is 0.406. The SMILES string of the molecule is CCc1ccc(C=Nn2cc(C)nc2N)cc1. The standard InChI is InChI=1S/C13H16N4/c1-3-11-4-6-12(7-5-11)8-15-17-9-10(2)16-13(17)14/h4-9H,3H2,1-2H3,(H2,14,16). The smallest absolute Gasteiger partial charge is 0.221 e. The lowest BCUT2D eigenvalue weighted by Gasteiger charge is -1.98. The van der Waals surface area contributed by atoms with Crippen molar-refractivity contribution in [2.45, 2.75) is 20.3 Å². The summed E-state index contributed by atoms with van der Waals surface area (Å²) in [5, 5.41) is 4.26. The summed E-state index contributed by atoms with van der Waals surface area (Å²) in [6.45, 7) is 4.02. The fourth-order valence-electron chi connectivity index (χ4n) is 1.56. The van der Waals surface area contributed by atoms with Crippen molar-refractivity contribution >= 4 is 12.2 Å². The number of imidazole rings is 1. The van der Waals surface area contributed by atoms with Crippen LogP contribution in [0.4, 0.5) is 5.95 Å². The largest absolute Gasteiger partial charge is 0.368 e. The molecular formula is C13H16N4. The molecular weight excluding hydrogens is 212 g/mol. The molecule has 0 unspecified atom stereocenters. The predicted molar refractivity (Wildman–Crippen MR) is 70.2 cm³/mol. The van der Waals surface area contributed by atoms with Gasteiger partial charge in [-0.15, -0.1) is 0 Å². The van der Waals surface area contributed by atoms with E-state index in [1.807, 2.05) is 19.1 Å². The number of benzene rings is 1. The van der Waals surface area contributed by atoms with Gasteiger partial charge in [-0.25, -0.2) is 9.66 Å². The molecule has 0 aliphatic carbocycles. The molecule has 2 aromatic rings. The lowest BCUT2D eigenvalue weighted by atomic mass is 10.1. The van der Waals surface area contributed by atoms with Gasteiger partial charge in [0.1, 0.15) is 0 Å².